The second-order valence-electron chi connectivity index (χ2n) is 5.68. The Morgan fingerprint density at radius 2 is 0.704 bits per heavy atom. The van der Waals surface area contributed by atoms with Crippen LogP contribution in [0.3, 0.4) is 0 Å². The van der Waals surface area contributed by atoms with Crippen molar-refractivity contribution in [3.05, 3.63) is 0 Å². The van der Waals surface area contributed by atoms with E-state index >= 15 is 0 Å². The van der Waals surface area contributed by atoms with E-state index in [9.17, 15) is 0 Å². The first-order chi connectivity index (χ1) is 13.4. The molecule has 0 bridgehead atoms. The Labute approximate surface area is 169 Å². The van der Waals surface area contributed by atoms with Gasteiger partial charge in [0.05, 0.1) is 85.9 Å². The number of hydrogen-bond donors (Lipinski definition) is 0. The van der Waals surface area contributed by atoms with Crippen molar-refractivity contribution in [3.63, 3.8) is 0 Å². The topological polar surface area (TPSA) is 64.6 Å². The molecule has 0 aliphatic rings. The van der Waals surface area contributed by atoms with E-state index in [0.29, 0.717) is 91.8 Å². The van der Waals surface area contributed by atoms with Crippen molar-refractivity contribution in [2.24, 2.45) is 0 Å². The van der Waals surface area contributed by atoms with Gasteiger partial charge in [0, 0.05) is 12.5 Å². The summed E-state index contributed by atoms with van der Waals surface area (Å²) < 4.78 is 37.6. The summed E-state index contributed by atoms with van der Waals surface area (Å²) in [6, 6.07) is 0. The molecule has 0 N–H and O–H groups in total. The Hall–Kier alpha value is 0.01000. The van der Waals surface area contributed by atoms with Gasteiger partial charge in [0.15, 0.2) is 0 Å². The van der Waals surface area contributed by atoms with Crippen molar-refractivity contribution in [1.82, 2.24) is 0 Å². The molecule has 0 amide bonds. The van der Waals surface area contributed by atoms with E-state index in [1.165, 1.54) is 12.8 Å². The molecule has 0 unspecified atom stereocenters. The fraction of sp³-hybridized carbons (Fsp3) is 1.00. The van der Waals surface area contributed by atoms with Crippen LogP contribution in [0.1, 0.15) is 26.2 Å². The zero-order chi connectivity index (χ0) is 19.7. The van der Waals surface area contributed by atoms with E-state index in [1.54, 1.807) is 0 Å². The molecule has 0 aliphatic heterocycles. The average Bonchev–Trinajstić information content (AvgIpc) is 2.68. The third-order valence-corrected chi connectivity index (χ3v) is 3.50. The van der Waals surface area contributed by atoms with E-state index < -0.39 is 0 Å². The minimum atomic E-state index is 0.511. The Morgan fingerprint density at radius 1 is 0.407 bits per heavy atom. The summed E-state index contributed by atoms with van der Waals surface area (Å²) in [4.78, 5) is 0. The number of halogens is 1. The van der Waals surface area contributed by atoms with Crippen LogP contribution in [0.5, 0.6) is 0 Å². The lowest BCUT2D eigenvalue weighted by Gasteiger charge is -2.08. The van der Waals surface area contributed by atoms with Crippen LogP contribution in [0, 0.1) is 0 Å². The Balaban J connectivity index is 2.95. The second kappa shape index (κ2) is 26.0. The molecule has 7 nitrogen and oxygen atoms in total. The van der Waals surface area contributed by atoms with E-state index in [-0.39, 0.29) is 0 Å². The highest BCUT2D eigenvalue weighted by Crippen LogP contribution is 1.93. The van der Waals surface area contributed by atoms with Gasteiger partial charge in [-0.05, 0) is 6.42 Å². The van der Waals surface area contributed by atoms with E-state index in [0.717, 1.165) is 13.0 Å². The first-order valence-corrected chi connectivity index (χ1v) is 10.6. The minimum absolute atomic E-state index is 0.511. The highest BCUT2D eigenvalue weighted by Gasteiger charge is 1.94. The lowest BCUT2D eigenvalue weighted by molar-refractivity contribution is -0.0201. The maximum absolute atomic E-state index is 5.48. The molecule has 27 heavy (non-hydrogen) atoms. The zero-order valence-electron chi connectivity index (χ0n) is 17.0. The molecule has 164 valence electrons. The highest BCUT2D eigenvalue weighted by molar-refractivity contribution is 6.17. The molecule has 0 aromatic heterocycles. The van der Waals surface area contributed by atoms with Crippen LogP contribution in [0.2, 0.25) is 0 Å². The van der Waals surface area contributed by atoms with Crippen molar-refractivity contribution < 1.29 is 33.2 Å². The molecular formula is C19H39ClO7. The van der Waals surface area contributed by atoms with Crippen molar-refractivity contribution in [1.29, 1.82) is 0 Å². The van der Waals surface area contributed by atoms with Crippen molar-refractivity contribution in [3.8, 4) is 0 Å². The summed E-state index contributed by atoms with van der Waals surface area (Å²) >= 11 is 5.48. The smallest absolute Gasteiger partial charge is 0.0701 e. The Bertz CT molecular complexity index is 236. The van der Waals surface area contributed by atoms with Crippen molar-refractivity contribution >= 4 is 11.6 Å². The summed E-state index contributed by atoms with van der Waals surface area (Å²) in [6.45, 7) is 10.4. The molecule has 0 saturated carbocycles. The molecule has 0 aromatic carbocycles. The number of ether oxygens (including phenoxy) is 7. The fourth-order valence-electron chi connectivity index (χ4n) is 1.93. The number of unbranched alkanes of at least 4 members (excludes halogenated alkanes) is 2. The van der Waals surface area contributed by atoms with Gasteiger partial charge in [-0.2, -0.15) is 0 Å². The van der Waals surface area contributed by atoms with Crippen LogP contribution in [0.25, 0.3) is 0 Å². The molecule has 8 heteroatoms. The van der Waals surface area contributed by atoms with Crippen LogP contribution in [-0.2, 0) is 33.2 Å². The summed E-state index contributed by atoms with van der Waals surface area (Å²) in [5, 5.41) is 0. The summed E-state index contributed by atoms with van der Waals surface area (Å²) in [7, 11) is 0. The van der Waals surface area contributed by atoms with Gasteiger partial charge in [-0.15, -0.1) is 11.6 Å². The van der Waals surface area contributed by atoms with Crippen molar-refractivity contribution in [2.45, 2.75) is 26.2 Å². The first-order valence-electron chi connectivity index (χ1n) is 10.0. The van der Waals surface area contributed by atoms with Crippen LogP contribution < -0.4 is 0 Å². The van der Waals surface area contributed by atoms with Gasteiger partial charge in [0.1, 0.15) is 0 Å². The van der Waals surface area contributed by atoms with E-state index in [4.69, 9.17) is 44.8 Å². The maximum atomic E-state index is 5.48. The predicted molar refractivity (Wildman–Crippen MR) is 106 cm³/mol. The molecule has 0 rings (SSSR count). The SMILES string of the molecule is CCCCCOCCOCCOCCOCCOCCOCCOCCCl. The molecule has 0 spiro atoms. The number of alkyl halides is 1. The molecular weight excluding hydrogens is 376 g/mol. The van der Waals surface area contributed by atoms with Gasteiger partial charge in [0.25, 0.3) is 0 Å². The Morgan fingerprint density at radius 3 is 1.00 bits per heavy atom. The average molecular weight is 415 g/mol. The van der Waals surface area contributed by atoms with Crippen LogP contribution >= 0.6 is 11.6 Å². The predicted octanol–water partition coefficient (Wildman–Crippen LogP) is 2.53. The second-order valence-corrected chi connectivity index (χ2v) is 6.06. The number of hydrogen-bond acceptors (Lipinski definition) is 7. The molecule has 0 fully saturated rings. The summed E-state index contributed by atoms with van der Waals surface area (Å²) in [6.07, 6.45) is 3.57. The molecule has 0 heterocycles. The lowest BCUT2D eigenvalue weighted by atomic mass is 10.3. The van der Waals surface area contributed by atoms with Crippen molar-refractivity contribution in [2.75, 3.05) is 98.4 Å². The third-order valence-electron chi connectivity index (χ3n) is 3.35. The van der Waals surface area contributed by atoms with Crippen LogP contribution in [0.15, 0.2) is 0 Å². The van der Waals surface area contributed by atoms with Gasteiger partial charge in [0.2, 0.25) is 0 Å². The maximum Gasteiger partial charge on any atom is 0.0701 e. The normalized spacial score (nSPS) is 11.3. The first kappa shape index (κ1) is 27.0. The van der Waals surface area contributed by atoms with Gasteiger partial charge in [-0.3, -0.25) is 0 Å². The minimum Gasteiger partial charge on any atom is -0.379 e. The molecule has 0 saturated heterocycles. The third kappa shape index (κ3) is 26.0. The van der Waals surface area contributed by atoms with E-state index in [2.05, 4.69) is 6.92 Å². The highest BCUT2D eigenvalue weighted by atomic mass is 35.5. The van der Waals surface area contributed by atoms with Crippen LogP contribution in [0.4, 0.5) is 0 Å². The summed E-state index contributed by atoms with van der Waals surface area (Å²) in [5.41, 5.74) is 0. The van der Waals surface area contributed by atoms with Gasteiger partial charge < -0.3 is 33.2 Å². The van der Waals surface area contributed by atoms with Gasteiger partial charge in [-0.1, -0.05) is 19.8 Å². The summed E-state index contributed by atoms with van der Waals surface area (Å²) in [5.74, 6) is 0.511. The van der Waals surface area contributed by atoms with E-state index in [1.807, 2.05) is 0 Å². The monoisotopic (exact) mass is 414 g/mol. The van der Waals surface area contributed by atoms with Crippen LogP contribution in [-0.4, -0.2) is 98.4 Å². The Kier molecular flexibility index (Phi) is 26.0. The quantitative estimate of drug-likeness (QED) is 0.177. The molecule has 0 radical (unpaired) electrons. The standard InChI is InChI=1S/C19H39ClO7/c1-2-3-4-6-21-8-10-23-12-14-25-16-18-27-19-17-26-15-13-24-11-9-22-7-5-20/h2-19H2,1H3. The lowest BCUT2D eigenvalue weighted by Crippen LogP contribution is -2.14. The molecule has 0 atom stereocenters. The number of rotatable bonds is 24. The zero-order valence-corrected chi connectivity index (χ0v) is 17.7. The molecule has 0 aliphatic carbocycles. The van der Waals surface area contributed by atoms with Gasteiger partial charge >= 0.3 is 0 Å². The molecule has 0 aromatic rings. The fourth-order valence-corrected chi connectivity index (χ4v) is 2.04. The van der Waals surface area contributed by atoms with Gasteiger partial charge in [-0.25, -0.2) is 0 Å². The largest absolute Gasteiger partial charge is 0.379 e.